The largest absolute Gasteiger partial charge is 0.317 e. The average Bonchev–Trinajstić information content (AvgIpc) is 2.96. The number of sulfonamides is 1. The van der Waals surface area contributed by atoms with Crippen molar-refractivity contribution in [2.75, 3.05) is 4.72 Å². The van der Waals surface area contributed by atoms with E-state index in [1.54, 1.807) is 53.4 Å². The standard InChI is InChI=1S/C16H15BrN4O2S/c1-11-9-14(7-8-15(11)17)24(22,23)20-13-5-3-12(4-6-13)16-19-18-10-21(16)2/h3-10,20H,1-2H3. The van der Waals surface area contributed by atoms with E-state index in [0.717, 1.165) is 15.6 Å². The number of hydrogen-bond donors (Lipinski definition) is 1. The van der Waals surface area contributed by atoms with Crippen molar-refractivity contribution in [2.24, 2.45) is 7.05 Å². The zero-order valence-electron chi connectivity index (χ0n) is 13.1. The van der Waals surface area contributed by atoms with E-state index in [-0.39, 0.29) is 4.90 Å². The molecule has 1 N–H and O–H groups in total. The van der Waals surface area contributed by atoms with Gasteiger partial charge in [-0.3, -0.25) is 4.72 Å². The van der Waals surface area contributed by atoms with Gasteiger partial charge >= 0.3 is 0 Å². The lowest BCUT2D eigenvalue weighted by atomic mass is 10.2. The van der Waals surface area contributed by atoms with Crippen molar-refractivity contribution in [3.63, 3.8) is 0 Å². The highest BCUT2D eigenvalue weighted by molar-refractivity contribution is 9.10. The normalized spacial score (nSPS) is 11.5. The molecule has 0 saturated heterocycles. The highest BCUT2D eigenvalue weighted by Crippen LogP contribution is 2.23. The molecule has 124 valence electrons. The van der Waals surface area contributed by atoms with Gasteiger partial charge in [0.25, 0.3) is 10.0 Å². The molecule has 1 aromatic heterocycles. The molecule has 8 heteroatoms. The molecule has 0 radical (unpaired) electrons. The minimum absolute atomic E-state index is 0.223. The summed E-state index contributed by atoms with van der Waals surface area (Å²) in [5, 5.41) is 7.86. The molecule has 0 spiro atoms. The van der Waals surface area contributed by atoms with E-state index in [9.17, 15) is 8.42 Å². The maximum Gasteiger partial charge on any atom is 0.261 e. The monoisotopic (exact) mass is 406 g/mol. The van der Waals surface area contributed by atoms with E-state index in [1.807, 2.05) is 14.0 Å². The lowest BCUT2D eigenvalue weighted by Gasteiger charge is -2.10. The van der Waals surface area contributed by atoms with Gasteiger partial charge in [0.15, 0.2) is 5.82 Å². The zero-order chi connectivity index (χ0) is 17.3. The number of hydrogen-bond acceptors (Lipinski definition) is 4. The Balaban J connectivity index is 1.85. The van der Waals surface area contributed by atoms with E-state index >= 15 is 0 Å². The van der Waals surface area contributed by atoms with Crippen LogP contribution >= 0.6 is 15.9 Å². The maximum atomic E-state index is 12.5. The van der Waals surface area contributed by atoms with Crippen LogP contribution in [0, 0.1) is 6.92 Å². The quantitative estimate of drug-likeness (QED) is 0.720. The zero-order valence-corrected chi connectivity index (χ0v) is 15.5. The fraction of sp³-hybridized carbons (Fsp3) is 0.125. The van der Waals surface area contributed by atoms with Crippen molar-refractivity contribution in [1.29, 1.82) is 0 Å². The van der Waals surface area contributed by atoms with Crippen LogP contribution in [0.4, 0.5) is 5.69 Å². The van der Waals surface area contributed by atoms with Gasteiger partial charge in [-0.15, -0.1) is 10.2 Å². The molecular weight excluding hydrogens is 392 g/mol. The summed E-state index contributed by atoms with van der Waals surface area (Å²) in [6.45, 7) is 1.85. The number of anilines is 1. The van der Waals surface area contributed by atoms with Gasteiger partial charge in [0.1, 0.15) is 6.33 Å². The Morgan fingerprint density at radius 2 is 1.83 bits per heavy atom. The fourth-order valence-electron chi connectivity index (χ4n) is 2.23. The summed E-state index contributed by atoms with van der Waals surface area (Å²) in [4.78, 5) is 0.223. The van der Waals surface area contributed by atoms with Crippen LogP contribution in [0.1, 0.15) is 5.56 Å². The molecule has 0 amide bonds. The van der Waals surface area contributed by atoms with Crippen LogP contribution in [0.3, 0.4) is 0 Å². The van der Waals surface area contributed by atoms with E-state index in [2.05, 4.69) is 30.8 Å². The Kier molecular flexibility index (Phi) is 4.42. The lowest BCUT2D eigenvalue weighted by molar-refractivity contribution is 0.601. The van der Waals surface area contributed by atoms with Gasteiger partial charge in [-0.2, -0.15) is 0 Å². The predicted molar refractivity (Wildman–Crippen MR) is 96.1 cm³/mol. The number of aromatic nitrogens is 3. The van der Waals surface area contributed by atoms with Crippen LogP contribution in [0.15, 0.2) is 58.2 Å². The van der Waals surface area contributed by atoms with E-state index in [4.69, 9.17) is 0 Å². The maximum absolute atomic E-state index is 12.5. The first kappa shape index (κ1) is 16.7. The second-order valence-electron chi connectivity index (χ2n) is 5.36. The molecule has 0 fully saturated rings. The number of benzene rings is 2. The molecule has 24 heavy (non-hydrogen) atoms. The third-order valence-corrected chi connectivity index (χ3v) is 5.82. The minimum atomic E-state index is -3.63. The summed E-state index contributed by atoms with van der Waals surface area (Å²) in [5.74, 6) is 0.716. The van der Waals surface area contributed by atoms with Crippen LogP contribution in [-0.4, -0.2) is 23.2 Å². The number of halogens is 1. The second kappa shape index (κ2) is 6.37. The topological polar surface area (TPSA) is 76.9 Å². The highest BCUT2D eigenvalue weighted by atomic mass is 79.9. The summed E-state index contributed by atoms with van der Waals surface area (Å²) in [6.07, 6.45) is 1.61. The molecule has 0 aliphatic carbocycles. The van der Waals surface area contributed by atoms with E-state index < -0.39 is 10.0 Å². The molecule has 0 unspecified atom stereocenters. The molecule has 0 saturated carbocycles. The van der Waals surface area contributed by atoms with Crippen molar-refractivity contribution in [3.8, 4) is 11.4 Å². The van der Waals surface area contributed by atoms with Crippen molar-refractivity contribution >= 4 is 31.6 Å². The Bertz CT molecular complexity index is 982. The van der Waals surface area contributed by atoms with Crippen LogP contribution in [-0.2, 0) is 17.1 Å². The van der Waals surface area contributed by atoms with Crippen molar-refractivity contribution in [2.45, 2.75) is 11.8 Å². The number of nitrogens with one attached hydrogen (secondary N) is 1. The molecule has 0 aliphatic rings. The van der Waals surface area contributed by atoms with Crippen molar-refractivity contribution in [3.05, 3.63) is 58.8 Å². The SMILES string of the molecule is Cc1cc(S(=O)(=O)Nc2ccc(-c3nncn3C)cc2)ccc1Br. The van der Waals surface area contributed by atoms with Gasteiger partial charge in [0.2, 0.25) is 0 Å². The van der Waals surface area contributed by atoms with Crippen LogP contribution < -0.4 is 4.72 Å². The smallest absolute Gasteiger partial charge is 0.261 e. The highest BCUT2D eigenvalue weighted by Gasteiger charge is 2.15. The molecule has 1 heterocycles. The molecule has 0 atom stereocenters. The Hall–Kier alpha value is -2.19. The predicted octanol–water partition coefficient (Wildman–Crippen LogP) is 3.35. The van der Waals surface area contributed by atoms with Crippen molar-refractivity contribution < 1.29 is 8.42 Å². The number of aryl methyl sites for hydroxylation is 2. The minimum Gasteiger partial charge on any atom is -0.317 e. The summed E-state index contributed by atoms with van der Waals surface area (Å²) in [5.41, 5.74) is 2.20. The van der Waals surface area contributed by atoms with Gasteiger partial charge in [-0.05, 0) is 55.0 Å². The van der Waals surface area contributed by atoms with E-state index in [1.165, 1.54) is 0 Å². The molecule has 3 aromatic rings. The number of nitrogens with zero attached hydrogens (tertiary/aromatic N) is 3. The fourth-order valence-corrected chi connectivity index (χ4v) is 3.62. The first-order valence-electron chi connectivity index (χ1n) is 7.10. The third kappa shape index (κ3) is 3.34. The molecule has 0 aliphatic heterocycles. The molecule has 2 aromatic carbocycles. The Morgan fingerprint density at radius 3 is 2.42 bits per heavy atom. The van der Waals surface area contributed by atoms with Crippen LogP contribution in [0.25, 0.3) is 11.4 Å². The first-order valence-corrected chi connectivity index (χ1v) is 9.38. The van der Waals surface area contributed by atoms with E-state index in [0.29, 0.717) is 11.5 Å². The van der Waals surface area contributed by atoms with Crippen LogP contribution in [0.5, 0.6) is 0 Å². The first-order chi connectivity index (χ1) is 11.4. The lowest BCUT2D eigenvalue weighted by Crippen LogP contribution is -2.13. The number of rotatable bonds is 4. The van der Waals surface area contributed by atoms with Gasteiger partial charge in [-0.25, -0.2) is 8.42 Å². The van der Waals surface area contributed by atoms with Crippen molar-refractivity contribution in [1.82, 2.24) is 14.8 Å². The van der Waals surface area contributed by atoms with Gasteiger partial charge in [0, 0.05) is 22.8 Å². The van der Waals surface area contributed by atoms with Crippen LogP contribution in [0.2, 0.25) is 0 Å². The molecule has 3 rings (SSSR count). The second-order valence-corrected chi connectivity index (χ2v) is 7.90. The van der Waals surface area contributed by atoms with Gasteiger partial charge < -0.3 is 4.57 Å². The average molecular weight is 407 g/mol. The molecular formula is C16H15BrN4O2S. The summed E-state index contributed by atoms with van der Waals surface area (Å²) < 4.78 is 30.2. The van der Waals surface area contributed by atoms with Gasteiger partial charge in [-0.1, -0.05) is 15.9 Å². The molecule has 6 nitrogen and oxygen atoms in total. The summed E-state index contributed by atoms with van der Waals surface area (Å²) in [7, 11) is -1.78. The summed E-state index contributed by atoms with van der Waals surface area (Å²) >= 11 is 3.37. The Labute approximate surface area is 148 Å². The summed E-state index contributed by atoms with van der Waals surface area (Å²) in [6, 6.07) is 11.9. The van der Waals surface area contributed by atoms with Gasteiger partial charge in [0.05, 0.1) is 4.90 Å². The third-order valence-electron chi connectivity index (χ3n) is 3.55. The molecule has 0 bridgehead atoms. The Morgan fingerprint density at radius 1 is 1.12 bits per heavy atom.